The fourth-order valence-corrected chi connectivity index (χ4v) is 3.79. The number of nitrogens with zero attached hydrogens (tertiary/aromatic N) is 1. The highest BCUT2D eigenvalue weighted by atomic mass is 127. The first-order valence-electron chi connectivity index (χ1n) is 8.56. The molecule has 136 valence electrons. The molecule has 1 saturated heterocycles. The summed E-state index contributed by atoms with van der Waals surface area (Å²) in [7, 11) is 0. The second-order valence-electron chi connectivity index (χ2n) is 6.53. The Morgan fingerprint density at radius 3 is 2.42 bits per heavy atom. The monoisotopic (exact) mass is 482 g/mol. The van der Waals surface area contributed by atoms with Crippen LogP contribution in [0.1, 0.15) is 39.1 Å². The van der Waals surface area contributed by atoms with Gasteiger partial charge in [-0.1, -0.05) is 29.3 Å². The van der Waals surface area contributed by atoms with Crippen LogP contribution in [0.5, 0.6) is 0 Å². The van der Waals surface area contributed by atoms with Crippen molar-refractivity contribution >= 4 is 46.0 Å². The summed E-state index contributed by atoms with van der Waals surface area (Å²) in [5, 5.41) is 3.62. The number of carbonyl (C=O) groups is 2. The van der Waals surface area contributed by atoms with E-state index in [0.29, 0.717) is 29.2 Å². The number of nitrogens with one attached hydrogen (secondary N) is 1. The van der Waals surface area contributed by atoms with Crippen LogP contribution in [0.15, 0.2) is 42.5 Å². The topological polar surface area (TPSA) is 49.4 Å². The number of benzene rings is 2. The number of aryl methyl sites for hydroxylation is 1. The Hall–Kier alpha value is -1.60. The Balaban J connectivity index is 1.56. The van der Waals surface area contributed by atoms with Crippen molar-refractivity contribution in [2.75, 3.05) is 13.1 Å². The molecule has 0 spiro atoms. The molecule has 0 unspecified atom stereocenters. The third-order valence-electron chi connectivity index (χ3n) is 4.59. The van der Waals surface area contributed by atoms with Gasteiger partial charge in [0.05, 0.1) is 5.56 Å². The standard InChI is InChI=1S/C20H20ClIN2O2/c1-13-2-4-14(5-3-13)20(26)24-10-8-16(9-11-24)23-19(25)17-12-15(21)6-7-18(17)22/h2-7,12,16H,8-11H2,1H3,(H,23,25). The van der Waals surface area contributed by atoms with E-state index in [9.17, 15) is 9.59 Å². The summed E-state index contributed by atoms with van der Waals surface area (Å²) in [5.74, 6) is -0.0561. The van der Waals surface area contributed by atoms with Gasteiger partial charge >= 0.3 is 0 Å². The van der Waals surface area contributed by atoms with Crippen molar-refractivity contribution in [1.82, 2.24) is 10.2 Å². The Kier molecular flexibility index (Phi) is 6.19. The zero-order valence-corrected chi connectivity index (χ0v) is 17.4. The molecule has 0 saturated carbocycles. The normalized spacial score (nSPS) is 15.0. The summed E-state index contributed by atoms with van der Waals surface area (Å²) in [5.41, 5.74) is 2.45. The third kappa shape index (κ3) is 4.57. The van der Waals surface area contributed by atoms with Crippen LogP contribution in [0, 0.1) is 10.5 Å². The van der Waals surface area contributed by atoms with Crippen molar-refractivity contribution in [3.8, 4) is 0 Å². The minimum Gasteiger partial charge on any atom is -0.349 e. The number of hydrogen-bond acceptors (Lipinski definition) is 2. The number of hydrogen-bond donors (Lipinski definition) is 1. The molecule has 2 amide bonds. The van der Waals surface area contributed by atoms with Gasteiger partial charge in [-0.25, -0.2) is 0 Å². The minimum atomic E-state index is -0.111. The molecule has 1 aliphatic heterocycles. The van der Waals surface area contributed by atoms with Gasteiger partial charge in [-0.2, -0.15) is 0 Å². The van der Waals surface area contributed by atoms with E-state index >= 15 is 0 Å². The first kappa shape index (κ1) is 19.2. The summed E-state index contributed by atoms with van der Waals surface area (Å²) >= 11 is 8.13. The Labute approximate surface area is 172 Å². The predicted octanol–water partition coefficient (Wildman–Crippen LogP) is 4.29. The molecule has 0 atom stereocenters. The molecule has 1 fully saturated rings. The van der Waals surface area contributed by atoms with Crippen molar-refractivity contribution in [2.45, 2.75) is 25.8 Å². The van der Waals surface area contributed by atoms with E-state index in [2.05, 4.69) is 27.9 Å². The first-order valence-corrected chi connectivity index (χ1v) is 10.0. The maximum absolute atomic E-state index is 12.6. The number of likely N-dealkylation sites (tertiary alicyclic amines) is 1. The number of amides is 2. The molecule has 0 bridgehead atoms. The Bertz CT molecular complexity index is 815. The van der Waals surface area contributed by atoms with Crippen molar-refractivity contribution in [3.05, 3.63) is 67.7 Å². The lowest BCUT2D eigenvalue weighted by Crippen LogP contribution is -2.46. The van der Waals surface area contributed by atoms with Crippen molar-refractivity contribution < 1.29 is 9.59 Å². The van der Waals surface area contributed by atoms with Crippen molar-refractivity contribution in [3.63, 3.8) is 0 Å². The largest absolute Gasteiger partial charge is 0.349 e. The SMILES string of the molecule is Cc1ccc(C(=O)N2CCC(NC(=O)c3cc(Cl)ccc3I)CC2)cc1. The van der Waals surface area contributed by atoms with E-state index in [4.69, 9.17) is 11.6 Å². The van der Waals surface area contributed by atoms with Crippen molar-refractivity contribution in [2.24, 2.45) is 0 Å². The second kappa shape index (κ2) is 8.39. The maximum atomic E-state index is 12.6. The smallest absolute Gasteiger partial charge is 0.253 e. The van der Waals surface area contributed by atoms with Gasteiger partial charge in [0.15, 0.2) is 0 Å². The van der Waals surface area contributed by atoms with E-state index in [-0.39, 0.29) is 17.9 Å². The molecule has 3 rings (SSSR count). The van der Waals surface area contributed by atoms with Gasteiger partial charge in [0.25, 0.3) is 11.8 Å². The highest BCUT2D eigenvalue weighted by molar-refractivity contribution is 14.1. The highest BCUT2D eigenvalue weighted by Crippen LogP contribution is 2.19. The van der Waals surface area contributed by atoms with Gasteiger partial charge in [-0.05, 0) is 72.7 Å². The molecule has 1 heterocycles. The second-order valence-corrected chi connectivity index (χ2v) is 8.13. The van der Waals surface area contributed by atoms with Crippen LogP contribution in [0.4, 0.5) is 0 Å². The lowest BCUT2D eigenvalue weighted by Gasteiger charge is -2.32. The van der Waals surface area contributed by atoms with Gasteiger partial charge in [0, 0.05) is 33.3 Å². The van der Waals surface area contributed by atoms with Gasteiger partial charge < -0.3 is 10.2 Å². The van der Waals surface area contributed by atoms with Gasteiger partial charge in [-0.3, -0.25) is 9.59 Å². The molecule has 26 heavy (non-hydrogen) atoms. The van der Waals surface area contributed by atoms with Crippen LogP contribution < -0.4 is 5.32 Å². The Morgan fingerprint density at radius 2 is 1.77 bits per heavy atom. The minimum absolute atomic E-state index is 0.0548. The Morgan fingerprint density at radius 1 is 1.12 bits per heavy atom. The van der Waals surface area contributed by atoms with Crippen molar-refractivity contribution in [1.29, 1.82) is 0 Å². The quantitative estimate of drug-likeness (QED) is 0.664. The number of piperidine rings is 1. The average molecular weight is 483 g/mol. The summed E-state index contributed by atoms with van der Waals surface area (Å²) in [6.07, 6.45) is 1.50. The molecule has 1 N–H and O–H groups in total. The molecule has 0 radical (unpaired) electrons. The van der Waals surface area contributed by atoms with Gasteiger partial charge in [0.1, 0.15) is 0 Å². The molecular weight excluding hydrogens is 463 g/mol. The maximum Gasteiger partial charge on any atom is 0.253 e. The molecule has 2 aromatic carbocycles. The molecular formula is C20H20ClIN2O2. The molecule has 6 heteroatoms. The lowest BCUT2D eigenvalue weighted by molar-refractivity contribution is 0.0698. The number of carbonyl (C=O) groups excluding carboxylic acids is 2. The fraction of sp³-hybridized carbons (Fsp3) is 0.300. The number of halogens is 2. The lowest BCUT2D eigenvalue weighted by atomic mass is 10.0. The van der Waals surface area contributed by atoms with E-state index in [0.717, 1.165) is 22.0 Å². The van der Waals surface area contributed by atoms with Crippen LogP contribution in [-0.4, -0.2) is 35.8 Å². The number of rotatable bonds is 3. The van der Waals surface area contributed by atoms with Crippen LogP contribution in [0.25, 0.3) is 0 Å². The molecule has 1 aliphatic rings. The van der Waals surface area contributed by atoms with Crippen LogP contribution in [0.3, 0.4) is 0 Å². The van der Waals surface area contributed by atoms with E-state index in [1.807, 2.05) is 42.2 Å². The summed E-state index contributed by atoms with van der Waals surface area (Å²) < 4.78 is 0.872. The first-order chi connectivity index (χ1) is 12.4. The molecule has 4 nitrogen and oxygen atoms in total. The highest BCUT2D eigenvalue weighted by Gasteiger charge is 2.25. The third-order valence-corrected chi connectivity index (χ3v) is 5.76. The average Bonchev–Trinajstić information content (AvgIpc) is 2.64. The zero-order chi connectivity index (χ0) is 18.7. The molecule has 0 aliphatic carbocycles. The van der Waals surface area contributed by atoms with Gasteiger partial charge in [-0.15, -0.1) is 0 Å². The zero-order valence-electron chi connectivity index (χ0n) is 14.5. The van der Waals surface area contributed by atoms with Crippen LogP contribution in [0.2, 0.25) is 5.02 Å². The van der Waals surface area contributed by atoms with E-state index < -0.39 is 0 Å². The van der Waals surface area contributed by atoms with E-state index in [1.54, 1.807) is 12.1 Å². The predicted molar refractivity (Wildman–Crippen MR) is 112 cm³/mol. The van der Waals surface area contributed by atoms with Gasteiger partial charge in [0.2, 0.25) is 0 Å². The summed E-state index contributed by atoms with van der Waals surface area (Å²) in [4.78, 5) is 26.9. The van der Waals surface area contributed by atoms with Crippen LogP contribution in [-0.2, 0) is 0 Å². The molecule has 0 aromatic heterocycles. The van der Waals surface area contributed by atoms with E-state index in [1.165, 1.54) is 0 Å². The summed E-state index contributed by atoms with van der Waals surface area (Å²) in [6, 6.07) is 13.0. The molecule has 2 aromatic rings. The van der Waals surface area contributed by atoms with Crippen LogP contribution >= 0.6 is 34.2 Å². The summed E-state index contributed by atoms with van der Waals surface area (Å²) in [6.45, 7) is 3.29. The fourth-order valence-electron chi connectivity index (χ4n) is 3.04.